The second-order valence-corrected chi connectivity index (χ2v) is 13.5. The third kappa shape index (κ3) is 4.24. The second kappa shape index (κ2) is 9.60. The molecule has 2 aromatic rings. The topological polar surface area (TPSA) is 63.7 Å². The molecular weight excluding hydrogens is 579 g/mol. The summed E-state index contributed by atoms with van der Waals surface area (Å²) in [6.07, 6.45) is -9.08. The number of amides is 1. The van der Waals surface area contributed by atoms with Gasteiger partial charge in [0.15, 0.2) is 9.84 Å². The number of alkyl halides is 7. The lowest BCUT2D eigenvalue weighted by Crippen LogP contribution is -2.57. The Balaban J connectivity index is 1.68. The fourth-order valence-corrected chi connectivity index (χ4v) is 8.97. The first-order chi connectivity index (χ1) is 19.0. The molecule has 5 nitrogen and oxygen atoms in total. The molecule has 0 bridgehead atoms. The maximum absolute atomic E-state index is 14.9. The minimum atomic E-state index is -6.35. The van der Waals surface area contributed by atoms with E-state index in [2.05, 4.69) is 0 Å². The van der Waals surface area contributed by atoms with E-state index >= 15 is 0 Å². The van der Waals surface area contributed by atoms with Crippen molar-refractivity contribution in [3.63, 3.8) is 0 Å². The summed E-state index contributed by atoms with van der Waals surface area (Å²) in [6.45, 7) is 1.29. The summed E-state index contributed by atoms with van der Waals surface area (Å²) < 4.78 is 128. The van der Waals surface area contributed by atoms with Crippen molar-refractivity contribution in [1.29, 1.82) is 0 Å². The fourth-order valence-electron chi connectivity index (χ4n) is 6.67. The first kappa shape index (κ1) is 29.7. The molecule has 13 heteroatoms. The molecule has 0 radical (unpaired) electrons. The van der Waals surface area contributed by atoms with Gasteiger partial charge in [0.05, 0.1) is 10.9 Å². The third-order valence-electron chi connectivity index (χ3n) is 8.92. The van der Waals surface area contributed by atoms with E-state index in [1.165, 1.54) is 29.2 Å². The Hall–Kier alpha value is -2.83. The fraction of sp³-hybridized carbons (Fsp3) is 0.536. The van der Waals surface area contributed by atoms with Gasteiger partial charge in [-0.2, -0.15) is 26.3 Å². The van der Waals surface area contributed by atoms with Gasteiger partial charge < -0.3 is 9.64 Å². The van der Waals surface area contributed by atoms with E-state index in [-0.39, 0.29) is 35.4 Å². The molecule has 3 aliphatic rings. The number of hydrogen-bond donors (Lipinski definition) is 0. The van der Waals surface area contributed by atoms with Crippen LogP contribution in [0, 0.1) is 5.41 Å². The van der Waals surface area contributed by atoms with Crippen molar-refractivity contribution in [3.05, 3.63) is 59.7 Å². The van der Waals surface area contributed by atoms with Crippen LogP contribution in [-0.2, 0) is 25.0 Å². The highest BCUT2D eigenvalue weighted by atomic mass is 32.2. The highest BCUT2D eigenvalue weighted by molar-refractivity contribution is 7.92. The van der Waals surface area contributed by atoms with Gasteiger partial charge in [-0.25, -0.2) is 12.8 Å². The molecule has 1 saturated heterocycles. The van der Waals surface area contributed by atoms with Crippen molar-refractivity contribution >= 4 is 15.7 Å². The molecule has 41 heavy (non-hydrogen) atoms. The van der Waals surface area contributed by atoms with Crippen LogP contribution in [0.5, 0.6) is 5.75 Å². The number of carbonyl (C=O) groups is 1. The summed E-state index contributed by atoms with van der Waals surface area (Å²) in [5, 5.41) is 0. The number of rotatable bonds is 4. The molecule has 2 unspecified atom stereocenters. The zero-order valence-electron chi connectivity index (χ0n) is 22.0. The predicted octanol–water partition coefficient (Wildman–Crippen LogP) is 6.61. The van der Waals surface area contributed by atoms with E-state index < -0.39 is 62.0 Å². The van der Waals surface area contributed by atoms with E-state index in [4.69, 9.17) is 4.74 Å². The number of likely N-dealkylation sites (tertiary alicyclic amines) is 1. The van der Waals surface area contributed by atoms with Gasteiger partial charge in [-0.3, -0.25) is 4.79 Å². The van der Waals surface area contributed by atoms with Crippen molar-refractivity contribution in [2.24, 2.45) is 5.41 Å². The number of hydrogen-bond acceptors (Lipinski definition) is 4. The molecule has 1 amide bonds. The molecule has 0 spiro atoms. The maximum atomic E-state index is 14.9. The zero-order chi connectivity index (χ0) is 30.1. The standard InChI is InChI=1S/C28H28F7NO4S/c1-24(12-6-3-7-13-24)23(37)36-15-14-25(41(38,39)19-8-4-2-5-9-19)20-11-10-18(16-21(20)40-17-22(25)36)26(29,27(30,31)32)28(33,34)35/h2,4-5,8-11,16,22H,3,6-7,12-15,17H2,1H3. The number of carbonyl (C=O) groups excluding carboxylic acids is 1. The van der Waals surface area contributed by atoms with Gasteiger partial charge in [0.25, 0.3) is 0 Å². The van der Waals surface area contributed by atoms with Crippen molar-refractivity contribution in [1.82, 2.24) is 4.90 Å². The zero-order valence-corrected chi connectivity index (χ0v) is 22.8. The van der Waals surface area contributed by atoms with Gasteiger partial charge in [0.2, 0.25) is 5.91 Å². The Bertz CT molecular complexity index is 1420. The number of halogens is 7. The molecule has 0 N–H and O–H groups in total. The van der Waals surface area contributed by atoms with E-state index in [0.717, 1.165) is 25.3 Å². The van der Waals surface area contributed by atoms with Crippen LogP contribution in [0.15, 0.2) is 53.4 Å². The molecule has 5 rings (SSSR count). The van der Waals surface area contributed by atoms with Crippen LogP contribution in [0.3, 0.4) is 0 Å². The molecule has 224 valence electrons. The summed E-state index contributed by atoms with van der Waals surface area (Å²) in [5.74, 6) is -0.875. The minimum absolute atomic E-state index is 0.0200. The number of fused-ring (bicyclic) bond motifs is 3. The van der Waals surface area contributed by atoms with Crippen LogP contribution in [0.2, 0.25) is 0 Å². The molecule has 2 atom stereocenters. The van der Waals surface area contributed by atoms with Crippen LogP contribution < -0.4 is 4.74 Å². The third-order valence-corrected chi connectivity index (χ3v) is 11.5. The number of nitrogens with zero attached hydrogens (tertiary/aromatic N) is 1. The average molecular weight is 608 g/mol. The van der Waals surface area contributed by atoms with Crippen LogP contribution in [0.4, 0.5) is 30.7 Å². The summed E-state index contributed by atoms with van der Waals surface area (Å²) >= 11 is 0. The van der Waals surface area contributed by atoms with E-state index in [9.17, 15) is 43.9 Å². The molecule has 1 saturated carbocycles. The summed E-state index contributed by atoms with van der Waals surface area (Å²) in [4.78, 5) is 15.2. The van der Waals surface area contributed by atoms with Gasteiger partial charge in [0, 0.05) is 23.1 Å². The molecule has 0 aromatic heterocycles. The largest absolute Gasteiger partial charge is 0.491 e. The summed E-state index contributed by atoms with van der Waals surface area (Å²) in [5.41, 5.74) is -8.45. The lowest BCUT2D eigenvalue weighted by atomic mass is 9.74. The van der Waals surface area contributed by atoms with Crippen LogP contribution in [-0.4, -0.2) is 50.8 Å². The van der Waals surface area contributed by atoms with Crippen molar-refractivity contribution < 1.29 is 48.7 Å². The Morgan fingerprint density at radius 3 is 2.10 bits per heavy atom. The number of sulfone groups is 1. The lowest BCUT2D eigenvalue weighted by molar-refractivity contribution is -0.348. The monoisotopic (exact) mass is 607 g/mol. The Labute approximate surface area is 232 Å². The highest BCUT2D eigenvalue weighted by Gasteiger charge is 2.74. The van der Waals surface area contributed by atoms with Gasteiger partial charge in [-0.15, -0.1) is 0 Å². The minimum Gasteiger partial charge on any atom is -0.491 e. The van der Waals surface area contributed by atoms with Crippen molar-refractivity contribution in [3.8, 4) is 5.75 Å². The van der Waals surface area contributed by atoms with Gasteiger partial charge in [-0.1, -0.05) is 56.5 Å². The van der Waals surface area contributed by atoms with Gasteiger partial charge in [0.1, 0.15) is 17.1 Å². The smallest absolute Gasteiger partial charge is 0.435 e. The van der Waals surface area contributed by atoms with Crippen LogP contribution in [0.25, 0.3) is 0 Å². The summed E-state index contributed by atoms with van der Waals surface area (Å²) in [7, 11) is -4.41. The predicted molar refractivity (Wildman–Crippen MR) is 133 cm³/mol. The molecule has 1 aliphatic carbocycles. The molecular formula is C28H28F7NO4S. The van der Waals surface area contributed by atoms with Crippen LogP contribution >= 0.6 is 0 Å². The highest BCUT2D eigenvalue weighted by Crippen LogP contribution is 2.57. The van der Waals surface area contributed by atoms with Gasteiger partial charge in [-0.05, 0) is 37.5 Å². The lowest BCUT2D eigenvalue weighted by Gasteiger charge is -2.44. The van der Waals surface area contributed by atoms with Crippen LogP contribution in [0.1, 0.15) is 56.6 Å². The average Bonchev–Trinajstić information content (AvgIpc) is 3.33. The molecule has 2 aromatic carbocycles. The first-order valence-corrected chi connectivity index (χ1v) is 14.7. The molecule has 2 aliphatic heterocycles. The van der Waals surface area contributed by atoms with E-state index in [1.54, 1.807) is 6.07 Å². The summed E-state index contributed by atoms with van der Waals surface area (Å²) in [6, 6.07) is 7.44. The van der Waals surface area contributed by atoms with E-state index in [0.29, 0.717) is 18.9 Å². The maximum Gasteiger partial charge on any atom is 0.435 e. The second-order valence-electron chi connectivity index (χ2n) is 11.3. The Kier molecular flexibility index (Phi) is 6.94. The molecule has 2 heterocycles. The number of benzene rings is 2. The Morgan fingerprint density at radius 2 is 1.51 bits per heavy atom. The van der Waals surface area contributed by atoms with Gasteiger partial charge >= 0.3 is 18.0 Å². The number of ether oxygens (including phenoxy) is 1. The molecule has 2 fully saturated rings. The SMILES string of the molecule is CC1(C(=O)N2CCC3(S(=O)(=O)c4ccccc4)c4ccc(C(F)(C(F)(F)F)C(F)(F)F)cc4OCC23)CCCCC1. The van der Waals surface area contributed by atoms with Crippen molar-refractivity contribution in [2.45, 2.75) is 79.2 Å². The van der Waals surface area contributed by atoms with Crippen molar-refractivity contribution in [2.75, 3.05) is 13.2 Å². The first-order valence-electron chi connectivity index (χ1n) is 13.2. The van der Waals surface area contributed by atoms with E-state index in [1.807, 2.05) is 6.92 Å². The normalized spacial score (nSPS) is 24.8. The quantitative estimate of drug-likeness (QED) is 0.367. The Morgan fingerprint density at radius 1 is 0.902 bits per heavy atom.